The van der Waals surface area contributed by atoms with Crippen LogP contribution in [0.2, 0.25) is 0 Å². The molecule has 3 aromatic rings. The van der Waals surface area contributed by atoms with Gasteiger partial charge in [-0.1, -0.05) is 12.1 Å². The maximum absolute atomic E-state index is 13.0. The monoisotopic (exact) mass is 367 g/mol. The van der Waals surface area contributed by atoms with Gasteiger partial charge in [0, 0.05) is 11.4 Å². The van der Waals surface area contributed by atoms with E-state index in [1.54, 1.807) is 24.3 Å². The number of carbonyl (C=O) groups is 2. The van der Waals surface area contributed by atoms with Gasteiger partial charge in [0.15, 0.2) is 0 Å². The quantitative estimate of drug-likeness (QED) is 0.616. The Bertz CT molecular complexity index is 958. The number of rotatable bonds is 4. The lowest BCUT2D eigenvalue weighted by Gasteiger charge is -2.12. The van der Waals surface area contributed by atoms with Crippen molar-refractivity contribution in [2.24, 2.45) is 0 Å². The number of amides is 3. The number of hydrogen-bond donors (Lipinski definition) is 3. The van der Waals surface area contributed by atoms with Gasteiger partial charge in [0.25, 0.3) is 5.91 Å². The number of benzene rings is 3. The van der Waals surface area contributed by atoms with Gasteiger partial charge in [0.2, 0.25) is 0 Å². The van der Waals surface area contributed by atoms with E-state index < -0.39 is 23.6 Å². The van der Waals surface area contributed by atoms with Crippen LogP contribution in [-0.2, 0) is 0 Å². The molecular formula is C20H15F2N3O2. The molecule has 0 spiro atoms. The van der Waals surface area contributed by atoms with Crippen molar-refractivity contribution in [1.82, 2.24) is 0 Å². The van der Waals surface area contributed by atoms with Gasteiger partial charge in [-0.15, -0.1) is 0 Å². The molecule has 3 rings (SSSR count). The molecule has 0 heterocycles. The van der Waals surface area contributed by atoms with Crippen LogP contribution >= 0.6 is 0 Å². The Labute approximate surface area is 154 Å². The van der Waals surface area contributed by atoms with E-state index in [-0.39, 0.29) is 11.3 Å². The molecule has 0 aliphatic heterocycles. The summed E-state index contributed by atoms with van der Waals surface area (Å²) in [6.07, 6.45) is 0. The molecule has 7 heteroatoms. The number of urea groups is 1. The molecule has 0 saturated heterocycles. The second kappa shape index (κ2) is 8.09. The second-order valence-electron chi connectivity index (χ2n) is 5.59. The highest BCUT2D eigenvalue weighted by Gasteiger charge is 2.13. The Morgan fingerprint density at radius 2 is 1.15 bits per heavy atom. The highest BCUT2D eigenvalue weighted by Crippen LogP contribution is 2.18. The first-order chi connectivity index (χ1) is 13.0. The molecule has 0 aromatic heterocycles. The summed E-state index contributed by atoms with van der Waals surface area (Å²) >= 11 is 0. The summed E-state index contributed by atoms with van der Waals surface area (Å²) < 4.78 is 25.9. The van der Waals surface area contributed by atoms with Crippen LogP contribution in [-0.4, -0.2) is 11.9 Å². The maximum atomic E-state index is 13.0. The van der Waals surface area contributed by atoms with Crippen LogP contribution in [0.3, 0.4) is 0 Å². The Hall–Kier alpha value is -3.74. The first-order valence-electron chi connectivity index (χ1n) is 8.01. The van der Waals surface area contributed by atoms with E-state index in [1.807, 2.05) is 0 Å². The molecule has 5 nitrogen and oxygen atoms in total. The zero-order chi connectivity index (χ0) is 19.2. The summed E-state index contributed by atoms with van der Waals surface area (Å²) in [5, 5.41) is 7.77. The molecule has 27 heavy (non-hydrogen) atoms. The van der Waals surface area contributed by atoms with E-state index in [4.69, 9.17) is 0 Å². The Morgan fingerprint density at radius 3 is 1.74 bits per heavy atom. The van der Waals surface area contributed by atoms with E-state index in [2.05, 4.69) is 16.0 Å². The third-order valence-electron chi connectivity index (χ3n) is 3.62. The first-order valence-corrected chi connectivity index (χ1v) is 8.01. The van der Waals surface area contributed by atoms with Crippen LogP contribution in [0.4, 0.5) is 30.6 Å². The van der Waals surface area contributed by atoms with Gasteiger partial charge in [-0.05, 0) is 60.7 Å². The van der Waals surface area contributed by atoms with Crippen molar-refractivity contribution < 1.29 is 18.4 Å². The molecule has 0 fully saturated rings. The SMILES string of the molecule is O=C(Nc1ccc(F)cc1)Nc1ccccc1C(=O)Nc1ccc(F)cc1. The number of hydrogen-bond acceptors (Lipinski definition) is 2. The van der Waals surface area contributed by atoms with Gasteiger partial charge in [0.1, 0.15) is 11.6 Å². The first kappa shape index (κ1) is 18.1. The van der Waals surface area contributed by atoms with Crippen molar-refractivity contribution in [1.29, 1.82) is 0 Å². The van der Waals surface area contributed by atoms with Crippen molar-refractivity contribution in [2.75, 3.05) is 16.0 Å². The fourth-order valence-electron chi connectivity index (χ4n) is 2.34. The smallest absolute Gasteiger partial charge is 0.322 e. The van der Waals surface area contributed by atoms with Crippen LogP contribution in [0.5, 0.6) is 0 Å². The van der Waals surface area contributed by atoms with Crippen LogP contribution in [0.25, 0.3) is 0 Å². The predicted molar refractivity (Wildman–Crippen MR) is 99.8 cm³/mol. The molecule has 0 atom stereocenters. The molecule has 0 aliphatic carbocycles. The molecule has 3 N–H and O–H groups in total. The van der Waals surface area contributed by atoms with Crippen LogP contribution < -0.4 is 16.0 Å². The molecule has 136 valence electrons. The zero-order valence-electron chi connectivity index (χ0n) is 14.0. The lowest BCUT2D eigenvalue weighted by atomic mass is 10.1. The molecular weight excluding hydrogens is 352 g/mol. The summed E-state index contributed by atoms with van der Waals surface area (Å²) in [6.45, 7) is 0. The van der Waals surface area contributed by atoms with Gasteiger partial charge in [-0.3, -0.25) is 4.79 Å². The van der Waals surface area contributed by atoms with E-state index in [0.717, 1.165) is 0 Å². The number of carbonyl (C=O) groups excluding carboxylic acids is 2. The molecule has 3 amide bonds. The van der Waals surface area contributed by atoms with Crippen LogP contribution in [0.15, 0.2) is 72.8 Å². The van der Waals surface area contributed by atoms with Crippen LogP contribution in [0, 0.1) is 11.6 Å². The summed E-state index contributed by atoms with van der Waals surface area (Å²) in [5.74, 6) is -1.28. The third kappa shape index (κ3) is 4.88. The van der Waals surface area contributed by atoms with Gasteiger partial charge in [-0.25, -0.2) is 13.6 Å². The average Bonchev–Trinajstić information content (AvgIpc) is 2.66. The van der Waals surface area contributed by atoms with Gasteiger partial charge < -0.3 is 16.0 Å². The molecule has 0 bridgehead atoms. The number of nitrogens with one attached hydrogen (secondary N) is 3. The van der Waals surface area contributed by atoms with Crippen molar-refractivity contribution in [3.63, 3.8) is 0 Å². The summed E-state index contributed by atoms with van der Waals surface area (Å²) in [5.41, 5.74) is 1.35. The predicted octanol–water partition coefficient (Wildman–Crippen LogP) is 4.86. The molecule has 0 radical (unpaired) electrons. The second-order valence-corrected chi connectivity index (χ2v) is 5.59. The molecule has 0 saturated carbocycles. The van der Waals surface area contributed by atoms with E-state index >= 15 is 0 Å². The van der Waals surface area contributed by atoms with E-state index in [9.17, 15) is 18.4 Å². The third-order valence-corrected chi connectivity index (χ3v) is 3.62. The zero-order valence-corrected chi connectivity index (χ0v) is 14.0. The minimum absolute atomic E-state index is 0.232. The topological polar surface area (TPSA) is 70.2 Å². The minimum atomic E-state index is -0.580. The lowest BCUT2D eigenvalue weighted by molar-refractivity contribution is 0.102. The Balaban J connectivity index is 1.71. The summed E-state index contributed by atoms with van der Waals surface area (Å²) in [4.78, 5) is 24.6. The average molecular weight is 367 g/mol. The van der Waals surface area contributed by atoms with Crippen molar-refractivity contribution >= 4 is 29.0 Å². The van der Waals surface area contributed by atoms with Gasteiger partial charge >= 0.3 is 6.03 Å². The highest BCUT2D eigenvalue weighted by molar-refractivity contribution is 6.11. The largest absolute Gasteiger partial charge is 0.323 e. The van der Waals surface area contributed by atoms with Gasteiger partial charge in [0.05, 0.1) is 11.3 Å². The van der Waals surface area contributed by atoms with E-state index in [0.29, 0.717) is 11.4 Å². The Kier molecular flexibility index (Phi) is 5.41. The summed E-state index contributed by atoms with van der Waals surface area (Å²) in [7, 11) is 0. The number of para-hydroxylation sites is 1. The minimum Gasteiger partial charge on any atom is -0.322 e. The highest BCUT2D eigenvalue weighted by atomic mass is 19.1. The van der Waals surface area contributed by atoms with Crippen molar-refractivity contribution in [3.8, 4) is 0 Å². The normalized spacial score (nSPS) is 10.1. The number of halogens is 2. The maximum Gasteiger partial charge on any atom is 0.323 e. The van der Waals surface area contributed by atoms with Gasteiger partial charge in [-0.2, -0.15) is 0 Å². The Morgan fingerprint density at radius 1 is 0.630 bits per heavy atom. The molecule has 0 aliphatic rings. The van der Waals surface area contributed by atoms with Crippen molar-refractivity contribution in [3.05, 3.63) is 90.0 Å². The number of anilines is 3. The fraction of sp³-hybridized carbons (Fsp3) is 0. The van der Waals surface area contributed by atoms with Crippen molar-refractivity contribution in [2.45, 2.75) is 0 Å². The lowest BCUT2D eigenvalue weighted by Crippen LogP contribution is -2.22. The standard InChI is InChI=1S/C20H15F2N3O2/c21-13-5-9-15(10-6-13)23-19(26)17-3-1-2-4-18(17)25-20(27)24-16-11-7-14(22)8-12-16/h1-12H,(H,23,26)(H2,24,25,27). The molecule has 3 aromatic carbocycles. The fourth-order valence-corrected chi connectivity index (χ4v) is 2.34. The molecule has 0 unspecified atom stereocenters. The summed E-state index contributed by atoms with van der Waals surface area (Å²) in [6, 6.07) is 16.5. The van der Waals surface area contributed by atoms with Crippen LogP contribution in [0.1, 0.15) is 10.4 Å². The van der Waals surface area contributed by atoms with E-state index in [1.165, 1.54) is 48.5 Å².